The Bertz CT molecular complexity index is 472. The van der Waals surface area contributed by atoms with Crippen molar-refractivity contribution in [3.05, 3.63) is 30.1 Å². The Hall–Kier alpha value is -1.42. The fraction of sp³-hybridized carbons (Fsp3) is 0.647. The fourth-order valence-electron chi connectivity index (χ4n) is 3.25. The molecule has 1 aliphatic carbocycles. The first kappa shape index (κ1) is 14.5. The van der Waals surface area contributed by atoms with Crippen LogP contribution in [0.5, 0.6) is 0 Å². The highest BCUT2D eigenvalue weighted by atomic mass is 16.2. The monoisotopic (exact) mass is 287 g/mol. The number of amides is 1. The lowest BCUT2D eigenvalue weighted by molar-refractivity contribution is -0.134. The van der Waals surface area contributed by atoms with Crippen molar-refractivity contribution < 1.29 is 4.79 Å². The number of hydrogen-bond acceptors (Lipinski definition) is 3. The molecule has 2 atom stereocenters. The molecular formula is C17H25N3O. The number of carbonyl (C=O) groups is 1. The van der Waals surface area contributed by atoms with E-state index >= 15 is 0 Å². The molecule has 2 fully saturated rings. The van der Waals surface area contributed by atoms with E-state index in [9.17, 15) is 4.79 Å². The molecular weight excluding hydrogens is 262 g/mol. The molecule has 3 rings (SSSR count). The maximum absolute atomic E-state index is 12.2. The van der Waals surface area contributed by atoms with Gasteiger partial charge in [-0.3, -0.25) is 9.78 Å². The van der Waals surface area contributed by atoms with Crippen molar-refractivity contribution in [1.82, 2.24) is 15.2 Å². The Kier molecular flexibility index (Phi) is 4.54. The fourth-order valence-corrected chi connectivity index (χ4v) is 3.25. The van der Waals surface area contributed by atoms with Crippen LogP contribution in [0.25, 0.3) is 0 Å². The zero-order valence-electron chi connectivity index (χ0n) is 12.8. The molecule has 0 aromatic carbocycles. The summed E-state index contributed by atoms with van der Waals surface area (Å²) < 4.78 is 0. The minimum atomic E-state index is 0.351. The van der Waals surface area contributed by atoms with E-state index < -0.39 is 0 Å². The molecule has 1 aromatic rings. The van der Waals surface area contributed by atoms with Crippen molar-refractivity contribution in [2.45, 2.75) is 45.2 Å². The number of aromatic nitrogens is 1. The molecule has 1 aliphatic heterocycles. The summed E-state index contributed by atoms with van der Waals surface area (Å²) in [6.07, 6.45) is 8.09. The summed E-state index contributed by atoms with van der Waals surface area (Å²) in [6.45, 7) is 4.97. The van der Waals surface area contributed by atoms with Crippen molar-refractivity contribution in [2.24, 2.45) is 11.8 Å². The van der Waals surface area contributed by atoms with Gasteiger partial charge in [-0.1, -0.05) is 13.3 Å². The number of pyridine rings is 1. The molecule has 21 heavy (non-hydrogen) atoms. The SMILES string of the molecule is CC[C@H]1CN(C(=O)C2CC2)CC[C@@H]1NCc1ccncc1. The summed E-state index contributed by atoms with van der Waals surface area (Å²) in [5.74, 6) is 1.33. The summed E-state index contributed by atoms with van der Waals surface area (Å²) in [4.78, 5) is 18.4. The summed E-state index contributed by atoms with van der Waals surface area (Å²) in [5, 5.41) is 3.68. The van der Waals surface area contributed by atoms with Gasteiger partial charge in [-0.2, -0.15) is 0 Å². The Morgan fingerprint density at radius 3 is 2.76 bits per heavy atom. The Morgan fingerprint density at radius 2 is 2.10 bits per heavy atom. The molecule has 4 nitrogen and oxygen atoms in total. The number of rotatable bonds is 5. The number of piperidine rings is 1. The largest absolute Gasteiger partial charge is 0.342 e. The van der Waals surface area contributed by atoms with Crippen LogP contribution >= 0.6 is 0 Å². The van der Waals surface area contributed by atoms with Gasteiger partial charge in [-0.25, -0.2) is 0 Å². The molecule has 1 aromatic heterocycles. The third-order valence-corrected chi connectivity index (χ3v) is 4.81. The minimum absolute atomic E-state index is 0.351. The minimum Gasteiger partial charge on any atom is -0.342 e. The van der Waals surface area contributed by atoms with Crippen molar-refractivity contribution in [3.63, 3.8) is 0 Å². The Labute approximate surface area is 126 Å². The zero-order valence-corrected chi connectivity index (χ0v) is 12.8. The van der Waals surface area contributed by atoms with Crippen LogP contribution in [-0.4, -0.2) is 34.9 Å². The van der Waals surface area contributed by atoms with Crippen LogP contribution in [0.4, 0.5) is 0 Å². The summed E-state index contributed by atoms with van der Waals surface area (Å²) in [7, 11) is 0. The lowest BCUT2D eigenvalue weighted by atomic mass is 9.89. The Morgan fingerprint density at radius 1 is 1.33 bits per heavy atom. The van der Waals surface area contributed by atoms with E-state index in [-0.39, 0.29) is 0 Å². The average Bonchev–Trinajstić information content (AvgIpc) is 3.38. The van der Waals surface area contributed by atoms with E-state index in [1.165, 1.54) is 5.56 Å². The first-order valence-electron chi connectivity index (χ1n) is 8.19. The molecule has 1 saturated heterocycles. The average molecular weight is 287 g/mol. The molecule has 0 bridgehead atoms. The van der Waals surface area contributed by atoms with Crippen LogP contribution < -0.4 is 5.32 Å². The van der Waals surface area contributed by atoms with Crippen LogP contribution in [0.15, 0.2) is 24.5 Å². The second kappa shape index (κ2) is 6.56. The summed E-state index contributed by atoms with van der Waals surface area (Å²) in [5.41, 5.74) is 1.27. The van der Waals surface area contributed by atoms with Crippen LogP contribution in [-0.2, 0) is 11.3 Å². The third kappa shape index (κ3) is 3.62. The lowest BCUT2D eigenvalue weighted by Gasteiger charge is -2.39. The number of nitrogens with zero attached hydrogens (tertiary/aromatic N) is 2. The van der Waals surface area contributed by atoms with E-state index in [1.807, 2.05) is 12.4 Å². The first-order valence-corrected chi connectivity index (χ1v) is 8.19. The van der Waals surface area contributed by atoms with Gasteiger partial charge in [0.05, 0.1) is 0 Å². The van der Waals surface area contributed by atoms with Crippen LogP contribution in [0.3, 0.4) is 0 Å². The Balaban J connectivity index is 1.53. The van der Waals surface area contributed by atoms with Crippen molar-refractivity contribution >= 4 is 5.91 Å². The topological polar surface area (TPSA) is 45.2 Å². The molecule has 1 amide bonds. The summed E-state index contributed by atoms with van der Waals surface area (Å²) >= 11 is 0. The molecule has 0 radical (unpaired) electrons. The third-order valence-electron chi connectivity index (χ3n) is 4.81. The van der Waals surface area contributed by atoms with E-state index in [0.29, 0.717) is 23.8 Å². The van der Waals surface area contributed by atoms with Crippen LogP contribution in [0, 0.1) is 11.8 Å². The van der Waals surface area contributed by atoms with E-state index in [0.717, 1.165) is 45.3 Å². The van der Waals surface area contributed by atoms with Crippen LogP contribution in [0.1, 0.15) is 38.2 Å². The van der Waals surface area contributed by atoms with Gasteiger partial charge in [0, 0.05) is 44.0 Å². The molecule has 0 unspecified atom stereocenters. The van der Waals surface area contributed by atoms with E-state index in [1.54, 1.807) is 0 Å². The highest BCUT2D eigenvalue weighted by Gasteiger charge is 2.37. The molecule has 1 N–H and O–H groups in total. The van der Waals surface area contributed by atoms with Gasteiger partial charge in [0.25, 0.3) is 0 Å². The maximum Gasteiger partial charge on any atom is 0.225 e. The van der Waals surface area contributed by atoms with Crippen molar-refractivity contribution in [1.29, 1.82) is 0 Å². The van der Waals surface area contributed by atoms with Crippen molar-refractivity contribution in [2.75, 3.05) is 13.1 Å². The van der Waals surface area contributed by atoms with E-state index in [2.05, 4.69) is 34.3 Å². The van der Waals surface area contributed by atoms with Gasteiger partial charge in [0.2, 0.25) is 5.91 Å². The van der Waals surface area contributed by atoms with Gasteiger partial charge in [-0.05, 0) is 42.9 Å². The molecule has 114 valence electrons. The molecule has 2 aliphatic rings. The first-order chi connectivity index (χ1) is 10.3. The maximum atomic E-state index is 12.2. The molecule has 4 heteroatoms. The van der Waals surface area contributed by atoms with Gasteiger partial charge in [0.1, 0.15) is 0 Å². The van der Waals surface area contributed by atoms with Gasteiger partial charge < -0.3 is 10.2 Å². The smallest absolute Gasteiger partial charge is 0.225 e. The summed E-state index contributed by atoms with van der Waals surface area (Å²) in [6, 6.07) is 4.63. The van der Waals surface area contributed by atoms with Crippen LogP contribution in [0.2, 0.25) is 0 Å². The van der Waals surface area contributed by atoms with Gasteiger partial charge in [-0.15, -0.1) is 0 Å². The van der Waals surface area contributed by atoms with Crippen molar-refractivity contribution in [3.8, 4) is 0 Å². The second-order valence-electron chi connectivity index (χ2n) is 6.36. The number of hydrogen-bond donors (Lipinski definition) is 1. The predicted molar refractivity (Wildman–Crippen MR) is 82.6 cm³/mol. The predicted octanol–water partition coefficient (Wildman–Crippen LogP) is 2.21. The molecule has 0 spiro atoms. The van der Waals surface area contributed by atoms with Gasteiger partial charge in [0.15, 0.2) is 0 Å². The second-order valence-corrected chi connectivity index (χ2v) is 6.36. The molecule has 1 saturated carbocycles. The van der Waals surface area contributed by atoms with E-state index in [4.69, 9.17) is 0 Å². The standard InChI is InChI=1S/C17H25N3O/c1-2-14-12-20(17(21)15-3-4-15)10-7-16(14)19-11-13-5-8-18-9-6-13/h5-6,8-9,14-16,19H,2-4,7,10-12H2,1H3/t14-,16-/m0/s1. The highest BCUT2D eigenvalue weighted by Crippen LogP contribution is 2.33. The normalized spacial score (nSPS) is 25.9. The number of nitrogens with one attached hydrogen (secondary N) is 1. The molecule has 2 heterocycles. The quantitative estimate of drug-likeness (QED) is 0.903. The number of likely N-dealkylation sites (tertiary alicyclic amines) is 1. The number of carbonyl (C=O) groups excluding carboxylic acids is 1. The van der Waals surface area contributed by atoms with Gasteiger partial charge >= 0.3 is 0 Å². The highest BCUT2D eigenvalue weighted by molar-refractivity contribution is 5.81. The zero-order chi connectivity index (χ0) is 14.7. The lowest BCUT2D eigenvalue weighted by Crippen LogP contribution is -2.51.